The van der Waals surface area contributed by atoms with E-state index in [4.69, 9.17) is 0 Å². The first kappa shape index (κ1) is 7.06. The van der Waals surface area contributed by atoms with Crippen molar-refractivity contribution in [2.24, 2.45) is 5.92 Å². The summed E-state index contributed by atoms with van der Waals surface area (Å²) in [4.78, 5) is 0. The normalized spacial score (nSPS) is 20.1. The van der Waals surface area contributed by atoms with Crippen molar-refractivity contribution in [1.82, 2.24) is 0 Å². The number of hydrogen-bond acceptors (Lipinski definition) is 2. The van der Waals surface area contributed by atoms with Crippen molar-refractivity contribution in [3.05, 3.63) is 0 Å². The first-order chi connectivity index (χ1) is 4.14. The maximum atomic E-state index is 10.8. The minimum atomic E-state index is -2.66. The average molecular weight is 148 g/mol. The Morgan fingerprint density at radius 3 is 2.33 bits per heavy atom. The third kappa shape index (κ3) is 2.35. The van der Waals surface area contributed by atoms with E-state index in [1.165, 1.54) is 0 Å². The summed E-state index contributed by atoms with van der Waals surface area (Å²) in [5.74, 6) is 1.25. The Bertz CT molecular complexity index is 177. The van der Waals surface area contributed by atoms with E-state index in [-0.39, 0.29) is 0 Å². The van der Waals surface area contributed by atoms with Gasteiger partial charge in [-0.1, -0.05) is 6.92 Å². The van der Waals surface area contributed by atoms with Gasteiger partial charge in [-0.2, -0.15) is 0 Å². The van der Waals surface area contributed by atoms with Gasteiger partial charge in [0, 0.05) is 5.75 Å². The van der Waals surface area contributed by atoms with Crippen LogP contribution in [0.25, 0.3) is 0 Å². The minimum Gasteiger partial charge on any atom is -0.229 e. The molecule has 0 aromatic rings. The maximum Gasteiger partial charge on any atom is 0.150 e. The largest absolute Gasteiger partial charge is 0.229 e. The van der Waals surface area contributed by atoms with Gasteiger partial charge in [-0.05, 0) is 18.8 Å². The molecule has 0 unspecified atom stereocenters. The predicted molar refractivity (Wildman–Crippen MR) is 37.1 cm³/mol. The second-order valence-corrected chi connectivity index (χ2v) is 5.04. The molecule has 0 amide bonds. The van der Waals surface area contributed by atoms with E-state index in [0.717, 1.165) is 12.8 Å². The Morgan fingerprint density at radius 1 is 1.44 bits per heavy atom. The second-order valence-electron chi connectivity index (χ2n) is 2.64. The molecule has 0 aromatic heterocycles. The molecule has 0 spiro atoms. The van der Waals surface area contributed by atoms with Gasteiger partial charge < -0.3 is 0 Å². The summed E-state index contributed by atoms with van der Waals surface area (Å²) >= 11 is 0. The highest BCUT2D eigenvalue weighted by atomic mass is 32.2. The molecule has 0 radical (unpaired) electrons. The fraction of sp³-hybridized carbons (Fsp3) is 1.00. The van der Waals surface area contributed by atoms with Crippen LogP contribution in [0.1, 0.15) is 19.8 Å². The van der Waals surface area contributed by atoms with E-state index in [9.17, 15) is 8.42 Å². The zero-order valence-corrected chi connectivity index (χ0v) is 6.45. The molecule has 0 aliphatic heterocycles. The van der Waals surface area contributed by atoms with Crippen LogP contribution in [0.2, 0.25) is 0 Å². The smallest absolute Gasteiger partial charge is 0.150 e. The Labute approximate surface area is 56.2 Å². The van der Waals surface area contributed by atoms with Gasteiger partial charge in [0.25, 0.3) is 0 Å². The summed E-state index contributed by atoms with van der Waals surface area (Å²) in [6.07, 6.45) is 2.25. The third-order valence-corrected chi connectivity index (χ3v) is 3.49. The molecule has 3 heteroatoms. The van der Waals surface area contributed by atoms with E-state index in [1.807, 2.05) is 0 Å². The minimum absolute atomic E-state index is 0.309. The topological polar surface area (TPSA) is 34.1 Å². The van der Waals surface area contributed by atoms with Crippen molar-refractivity contribution in [2.45, 2.75) is 19.8 Å². The molecule has 2 nitrogen and oxygen atoms in total. The highest BCUT2D eigenvalue weighted by molar-refractivity contribution is 7.91. The monoisotopic (exact) mass is 148 g/mol. The van der Waals surface area contributed by atoms with Crippen LogP contribution in [-0.4, -0.2) is 19.9 Å². The van der Waals surface area contributed by atoms with E-state index in [0.29, 0.717) is 17.4 Å². The fourth-order valence-electron chi connectivity index (χ4n) is 0.761. The number of sulfone groups is 1. The lowest BCUT2D eigenvalue weighted by atomic mass is 10.5. The van der Waals surface area contributed by atoms with Gasteiger partial charge >= 0.3 is 0 Å². The molecular weight excluding hydrogens is 136 g/mol. The lowest BCUT2D eigenvalue weighted by Crippen LogP contribution is -2.09. The molecule has 1 fully saturated rings. The van der Waals surface area contributed by atoms with Crippen molar-refractivity contribution < 1.29 is 8.42 Å². The van der Waals surface area contributed by atoms with Gasteiger partial charge in [-0.3, -0.25) is 0 Å². The van der Waals surface area contributed by atoms with Crippen LogP contribution in [0, 0.1) is 5.92 Å². The Kier molecular flexibility index (Phi) is 1.80. The molecule has 1 aliphatic carbocycles. The molecule has 54 valence electrons. The number of hydrogen-bond donors (Lipinski definition) is 0. The van der Waals surface area contributed by atoms with E-state index < -0.39 is 9.84 Å². The van der Waals surface area contributed by atoms with E-state index >= 15 is 0 Å². The van der Waals surface area contributed by atoms with Crippen LogP contribution in [0.4, 0.5) is 0 Å². The lowest BCUT2D eigenvalue weighted by molar-refractivity contribution is 0.593. The molecule has 0 aromatic carbocycles. The van der Waals surface area contributed by atoms with Crippen LogP contribution in [0.5, 0.6) is 0 Å². The van der Waals surface area contributed by atoms with Crippen LogP contribution in [0.15, 0.2) is 0 Å². The number of rotatable bonds is 3. The maximum absolute atomic E-state index is 10.8. The summed E-state index contributed by atoms with van der Waals surface area (Å²) < 4.78 is 21.7. The van der Waals surface area contributed by atoms with Crippen molar-refractivity contribution in [2.75, 3.05) is 11.5 Å². The van der Waals surface area contributed by atoms with Gasteiger partial charge in [-0.25, -0.2) is 8.42 Å². The fourth-order valence-corrected chi connectivity index (χ4v) is 2.05. The first-order valence-electron chi connectivity index (χ1n) is 3.34. The lowest BCUT2D eigenvalue weighted by Gasteiger charge is -1.95. The molecule has 0 N–H and O–H groups in total. The molecule has 1 saturated carbocycles. The summed E-state index contributed by atoms with van der Waals surface area (Å²) in [5, 5.41) is 0. The molecule has 9 heavy (non-hydrogen) atoms. The molecule has 0 saturated heterocycles. The van der Waals surface area contributed by atoms with Gasteiger partial charge in [0.2, 0.25) is 0 Å². The highest BCUT2D eigenvalue weighted by Crippen LogP contribution is 2.30. The Balaban J connectivity index is 2.40. The molecule has 1 aliphatic rings. The SMILES string of the molecule is CCS(=O)(=O)CC1CC1. The first-order valence-corrected chi connectivity index (χ1v) is 5.16. The third-order valence-electron chi connectivity index (χ3n) is 1.63. The van der Waals surface area contributed by atoms with Crippen molar-refractivity contribution in [3.8, 4) is 0 Å². The van der Waals surface area contributed by atoms with Crippen molar-refractivity contribution >= 4 is 9.84 Å². The van der Waals surface area contributed by atoms with Crippen molar-refractivity contribution in [1.29, 1.82) is 0 Å². The van der Waals surface area contributed by atoms with E-state index in [1.54, 1.807) is 6.92 Å². The van der Waals surface area contributed by atoms with Gasteiger partial charge in [0.1, 0.15) is 9.84 Å². The highest BCUT2D eigenvalue weighted by Gasteiger charge is 2.26. The second kappa shape index (κ2) is 2.29. The van der Waals surface area contributed by atoms with E-state index in [2.05, 4.69) is 0 Å². The van der Waals surface area contributed by atoms with Crippen LogP contribution >= 0.6 is 0 Å². The van der Waals surface area contributed by atoms with Crippen LogP contribution in [0.3, 0.4) is 0 Å². The van der Waals surface area contributed by atoms with Crippen LogP contribution < -0.4 is 0 Å². The van der Waals surface area contributed by atoms with Crippen molar-refractivity contribution in [3.63, 3.8) is 0 Å². The van der Waals surface area contributed by atoms with Gasteiger partial charge in [0.15, 0.2) is 0 Å². The molecule has 0 atom stereocenters. The zero-order valence-electron chi connectivity index (χ0n) is 5.63. The summed E-state index contributed by atoms with van der Waals surface area (Å²) in [5.41, 5.74) is 0. The Morgan fingerprint density at radius 2 is 2.00 bits per heavy atom. The summed E-state index contributed by atoms with van der Waals surface area (Å²) in [6.45, 7) is 1.71. The Hall–Kier alpha value is -0.0500. The molecule has 0 bridgehead atoms. The molecule has 0 heterocycles. The summed E-state index contributed by atoms with van der Waals surface area (Å²) in [7, 11) is -2.66. The zero-order chi connectivity index (χ0) is 6.91. The van der Waals surface area contributed by atoms with Crippen LogP contribution in [-0.2, 0) is 9.84 Å². The molecular formula is C6H12O2S. The molecule has 1 rings (SSSR count). The van der Waals surface area contributed by atoms with Gasteiger partial charge in [-0.15, -0.1) is 0 Å². The summed E-state index contributed by atoms with van der Waals surface area (Å²) in [6, 6.07) is 0. The predicted octanol–water partition coefficient (Wildman–Crippen LogP) is 0.831. The quantitative estimate of drug-likeness (QED) is 0.594. The van der Waals surface area contributed by atoms with Gasteiger partial charge in [0.05, 0.1) is 5.75 Å². The standard InChI is InChI=1S/C6H12O2S/c1-2-9(7,8)5-6-3-4-6/h6H,2-5H2,1H3. The average Bonchev–Trinajstić information content (AvgIpc) is 2.50.